The van der Waals surface area contributed by atoms with Gasteiger partial charge in [0, 0.05) is 6.54 Å². The van der Waals surface area contributed by atoms with Crippen LogP contribution in [-0.2, 0) is 9.53 Å². The molecule has 0 aromatic carbocycles. The first-order chi connectivity index (χ1) is 10.2. The third-order valence-electron chi connectivity index (χ3n) is 3.22. The molecule has 2 rings (SSSR count). The molecular weight excluding hydrogens is 306 g/mol. The van der Waals surface area contributed by atoms with E-state index in [1.165, 1.54) is 17.0 Å². The van der Waals surface area contributed by atoms with Gasteiger partial charge in [0.05, 0.1) is 4.88 Å². The van der Waals surface area contributed by atoms with Crippen molar-refractivity contribution in [2.45, 2.75) is 45.3 Å². The second kappa shape index (κ2) is 6.08. The number of thiophene rings is 1. The fourth-order valence-corrected chi connectivity index (χ4v) is 3.13. The lowest BCUT2D eigenvalue weighted by molar-refractivity contribution is -0.159. The monoisotopic (exact) mass is 325 g/mol. The van der Waals surface area contributed by atoms with Gasteiger partial charge in [-0.25, -0.2) is 9.59 Å². The van der Waals surface area contributed by atoms with Crippen LogP contribution in [0.15, 0.2) is 12.1 Å². The van der Waals surface area contributed by atoms with Gasteiger partial charge >= 0.3 is 11.9 Å². The Bertz CT molecular complexity index is 601. The van der Waals surface area contributed by atoms with E-state index in [0.717, 1.165) is 17.8 Å². The lowest BCUT2D eigenvalue weighted by Gasteiger charge is -2.27. The normalized spacial score (nSPS) is 18.3. The molecule has 0 radical (unpaired) electrons. The van der Waals surface area contributed by atoms with Crippen molar-refractivity contribution in [2.24, 2.45) is 0 Å². The summed E-state index contributed by atoms with van der Waals surface area (Å²) >= 11 is 0.920. The maximum absolute atomic E-state index is 12.5. The summed E-state index contributed by atoms with van der Waals surface area (Å²) in [5.74, 6) is -1.78. The number of carboxylic acid groups (broad SMARTS) is 1. The minimum Gasteiger partial charge on any atom is -0.477 e. The fourth-order valence-electron chi connectivity index (χ4n) is 2.33. The fraction of sp³-hybridized carbons (Fsp3) is 0.533. The summed E-state index contributed by atoms with van der Waals surface area (Å²) in [6, 6.07) is 2.29. The highest BCUT2D eigenvalue weighted by molar-refractivity contribution is 7.15. The zero-order valence-corrected chi connectivity index (χ0v) is 13.6. The van der Waals surface area contributed by atoms with Gasteiger partial charge in [0.25, 0.3) is 5.91 Å². The molecule has 1 atom stereocenters. The van der Waals surface area contributed by atoms with Crippen molar-refractivity contribution in [3.8, 4) is 0 Å². The third-order valence-corrected chi connectivity index (χ3v) is 4.28. The molecule has 1 fully saturated rings. The molecule has 0 bridgehead atoms. The Morgan fingerprint density at radius 2 is 1.91 bits per heavy atom. The number of aromatic carboxylic acids is 1. The van der Waals surface area contributed by atoms with E-state index in [4.69, 9.17) is 9.84 Å². The molecule has 120 valence electrons. The number of carbonyl (C=O) groups excluding carboxylic acids is 2. The number of esters is 1. The van der Waals surface area contributed by atoms with Gasteiger partial charge in [-0.3, -0.25) is 4.79 Å². The Labute approximate surface area is 132 Å². The van der Waals surface area contributed by atoms with Crippen LogP contribution in [0, 0.1) is 0 Å². The first-order valence-corrected chi connectivity index (χ1v) is 7.87. The minimum absolute atomic E-state index is 0.108. The van der Waals surface area contributed by atoms with Crippen LogP contribution in [0.1, 0.15) is 53.0 Å². The molecule has 7 heteroatoms. The van der Waals surface area contributed by atoms with Gasteiger partial charge in [-0.2, -0.15) is 0 Å². The number of rotatable bonds is 3. The molecule has 1 aliphatic rings. The zero-order chi connectivity index (χ0) is 16.5. The van der Waals surface area contributed by atoms with Gasteiger partial charge in [-0.1, -0.05) is 0 Å². The molecule has 1 aromatic rings. The van der Waals surface area contributed by atoms with E-state index in [0.29, 0.717) is 17.8 Å². The van der Waals surface area contributed by atoms with Crippen molar-refractivity contribution >= 4 is 29.2 Å². The van der Waals surface area contributed by atoms with E-state index in [1.54, 1.807) is 20.8 Å². The standard InChI is InChI=1S/C15H19NO5S/c1-15(2,3)21-14(20)9-5-4-8-16(9)12(17)10-6-7-11(22-10)13(18)19/h6-7,9H,4-5,8H2,1-3H3,(H,18,19)/t9-/m0/s1. The number of carbonyl (C=O) groups is 3. The summed E-state index contributed by atoms with van der Waals surface area (Å²) in [7, 11) is 0. The Morgan fingerprint density at radius 1 is 1.27 bits per heavy atom. The van der Waals surface area contributed by atoms with E-state index in [2.05, 4.69) is 0 Å². The average Bonchev–Trinajstić information content (AvgIpc) is 3.05. The molecule has 0 unspecified atom stereocenters. The Hall–Kier alpha value is -1.89. The SMILES string of the molecule is CC(C)(C)OC(=O)[C@@H]1CCCN1C(=O)c1ccc(C(=O)O)s1. The maximum Gasteiger partial charge on any atom is 0.345 e. The molecule has 1 N–H and O–H groups in total. The predicted molar refractivity (Wildman–Crippen MR) is 81.2 cm³/mol. The predicted octanol–water partition coefficient (Wildman–Crippen LogP) is 2.39. The number of hydrogen-bond acceptors (Lipinski definition) is 5. The van der Waals surface area contributed by atoms with Crippen molar-refractivity contribution in [3.63, 3.8) is 0 Å². The lowest BCUT2D eigenvalue weighted by atomic mass is 10.1. The van der Waals surface area contributed by atoms with Gasteiger partial charge in [0.1, 0.15) is 16.5 Å². The third kappa shape index (κ3) is 3.65. The van der Waals surface area contributed by atoms with Crippen LogP contribution in [0.3, 0.4) is 0 Å². The van der Waals surface area contributed by atoms with Crippen molar-refractivity contribution < 1.29 is 24.2 Å². The first-order valence-electron chi connectivity index (χ1n) is 7.06. The molecule has 22 heavy (non-hydrogen) atoms. The quantitative estimate of drug-likeness (QED) is 0.863. The number of nitrogens with zero attached hydrogens (tertiary/aromatic N) is 1. The maximum atomic E-state index is 12.5. The van der Waals surface area contributed by atoms with E-state index < -0.39 is 23.6 Å². The molecule has 2 heterocycles. The molecule has 0 saturated carbocycles. The number of likely N-dealkylation sites (tertiary alicyclic amines) is 1. The van der Waals surface area contributed by atoms with Crippen molar-refractivity contribution in [3.05, 3.63) is 21.9 Å². The lowest BCUT2D eigenvalue weighted by Crippen LogP contribution is -2.43. The van der Waals surface area contributed by atoms with Gasteiger partial charge in [-0.15, -0.1) is 11.3 Å². The van der Waals surface area contributed by atoms with Crippen molar-refractivity contribution in [2.75, 3.05) is 6.54 Å². The second-order valence-electron chi connectivity index (χ2n) is 6.16. The van der Waals surface area contributed by atoms with E-state index in [-0.39, 0.29) is 10.8 Å². The van der Waals surface area contributed by atoms with Crippen LogP contribution >= 0.6 is 11.3 Å². The van der Waals surface area contributed by atoms with E-state index in [9.17, 15) is 14.4 Å². The summed E-state index contributed by atoms with van der Waals surface area (Å²) in [5.41, 5.74) is -0.603. The zero-order valence-electron chi connectivity index (χ0n) is 12.8. The smallest absolute Gasteiger partial charge is 0.345 e. The molecular formula is C15H19NO5S. The van der Waals surface area contributed by atoms with Gasteiger partial charge in [0.2, 0.25) is 0 Å². The minimum atomic E-state index is -1.06. The van der Waals surface area contributed by atoms with E-state index >= 15 is 0 Å². The Morgan fingerprint density at radius 3 is 2.45 bits per heavy atom. The number of carboxylic acids is 1. The van der Waals surface area contributed by atoms with E-state index in [1.807, 2.05) is 0 Å². The number of amides is 1. The summed E-state index contributed by atoms with van der Waals surface area (Å²) in [6.45, 7) is 5.82. The van der Waals surface area contributed by atoms with Crippen LogP contribution in [0.2, 0.25) is 0 Å². The Kier molecular flexibility index (Phi) is 4.55. The molecule has 1 aliphatic heterocycles. The Balaban J connectivity index is 2.14. The average molecular weight is 325 g/mol. The van der Waals surface area contributed by atoms with Crippen LogP contribution in [0.4, 0.5) is 0 Å². The summed E-state index contributed by atoms with van der Waals surface area (Å²) < 4.78 is 5.36. The highest BCUT2D eigenvalue weighted by Gasteiger charge is 2.37. The topological polar surface area (TPSA) is 83.9 Å². The highest BCUT2D eigenvalue weighted by Crippen LogP contribution is 2.26. The number of ether oxygens (including phenoxy) is 1. The molecule has 1 saturated heterocycles. The first kappa shape index (κ1) is 16.5. The van der Waals surface area contributed by atoms with Crippen molar-refractivity contribution in [1.29, 1.82) is 0 Å². The van der Waals surface area contributed by atoms with Crippen LogP contribution in [0.5, 0.6) is 0 Å². The molecule has 0 spiro atoms. The van der Waals surface area contributed by atoms with Gasteiger partial charge < -0.3 is 14.7 Å². The highest BCUT2D eigenvalue weighted by atomic mass is 32.1. The molecule has 6 nitrogen and oxygen atoms in total. The van der Waals surface area contributed by atoms with Crippen LogP contribution in [-0.4, -0.2) is 46.0 Å². The summed E-state index contributed by atoms with van der Waals surface area (Å²) in [4.78, 5) is 37.5. The second-order valence-corrected chi connectivity index (χ2v) is 7.24. The summed E-state index contributed by atoms with van der Waals surface area (Å²) in [5, 5.41) is 8.92. The molecule has 0 aliphatic carbocycles. The van der Waals surface area contributed by atoms with Crippen molar-refractivity contribution in [1.82, 2.24) is 4.90 Å². The largest absolute Gasteiger partial charge is 0.477 e. The van der Waals surface area contributed by atoms with Crippen LogP contribution < -0.4 is 0 Å². The van der Waals surface area contributed by atoms with Gasteiger partial charge in [-0.05, 0) is 45.7 Å². The molecule has 1 aromatic heterocycles. The van der Waals surface area contributed by atoms with Crippen LogP contribution in [0.25, 0.3) is 0 Å². The summed E-state index contributed by atoms with van der Waals surface area (Å²) in [6.07, 6.45) is 1.30. The number of hydrogen-bond donors (Lipinski definition) is 1. The van der Waals surface area contributed by atoms with Gasteiger partial charge in [0.15, 0.2) is 0 Å². The molecule has 1 amide bonds.